The number of nitrogens with zero attached hydrogens (tertiary/aromatic N) is 2. The van der Waals surface area contributed by atoms with Crippen LogP contribution < -0.4 is 10.6 Å². The van der Waals surface area contributed by atoms with Crippen LogP contribution in [0, 0.1) is 0 Å². The fraction of sp³-hybridized carbons (Fsp3) is 0.700. The Balaban J connectivity index is 2.15. The molecule has 1 aromatic heterocycles. The van der Waals surface area contributed by atoms with Crippen LogP contribution in [0.25, 0.3) is 0 Å². The summed E-state index contributed by atoms with van der Waals surface area (Å²) >= 11 is 1.74. The lowest BCUT2D eigenvalue weighted by atomic mass is 10.2. The smallest absolute Gasteiger partial charge is 0.185 e. The first kappa shape index (κ1) is 9.93. The molecule has 0 saturated carbocycles. The predicted octanol–water partition coefficient (Wildman–Crippen LogP) is 1.63. The van der Waals surface area contributed by atoms with Gasteiger partial charge in [0.25, 0.3) is 0 Å². The molecular formula is C10H17N3S. The third-order valence-corrected chi connectivity index (χ3v) is 3.89. The molecule has 2 N–H and O–H groups in total. The van der Waals surface area contributed by atoms with E-state index in [1.165, 1.54) is 5.69 Å². The van der Waals surface area contributed by atoms with Crippen molar-refractivity contribution in [1.82, 2.24) is 4.98 Å². The molecule has 1 aliphatic rings. The molecule has 3 nitrogen and oxygen atoms in total. The first-order valence-electron chi connectivity index (χ1n) is 5.19. The molecule has 1 aromatic rings. The van der Waals surface area contributed by atoms with Crippen molar-refractivity contribution in [1.29, 1.82) is 0 Å². The van der Waals surface area contributed by atoms with Crippen LogP contribution in [0.2, 0.25) is 0 Å². The molecule has 0 spiro atoms. The Morgan fingerprint density at radius 3 is 3.00 bits per heavy atom. The molecule has 2 heterocycles. The van der Waals surface area contributed by atoms with E-state index in [4.69, 9.17) is 5.73 Å². The average molecular weight is 211 g/mol. The van der Waals surface area contributed by atoms with E-state index < -0.39 is 0 Å². The third-order valence-electron chi connectivity index (χ3n) is 2.96. The van der Waals surface area contributed by atoms with Gasteiger partial charge in [0.05, 0.1) is 5.69 Å². The molecule has 2 rings (SSSR count). The summed E-state index contributed by atoms with van der Waals surface area (Å²) in [6, 6.07) is 0.745. The highest BCUT2D eigenvalue weighted by Crippen LogP contribution is 2.27. The van der Waals surface area contributed by atoms with E-state index in [1.54, 1.807) is 11.3 Å². The maximum absolute atomic E-state index is 5.98. The molecule has 4 heteroatoms. The summed E-state index contributed by atoms with van der Waals surface area (Å²) in [6.07, 6.45) is 2.10. The van der Waals surface area contributed by atoms with Crippen LogP contribution in [0.15, 0.2) is 5.38 Å². The van der Waals surface area contributed by atoms with Gasteiger partial charge < -0.3 is 10.6 Å². The van der Waals surface area contributed by atoms with Gasteiger partial charge in [0.2, 0.25) is 0 Å². The quantitative estimate of drug-likeness (QED) is 0.808. The lowest BCUT2D eigenvalue weighted by Gasteiger charge is -2.22. The number of nitrogens with two attached hydrogens (primary N) is 1. The van der Waals surface area contributed by atoms with Crippen molar-refractivity contribution in [2.24, 2.45) is 5.73 Å². The Kier molecular flexibility index (Phi) is 2.74. The van der Waals surface area contributed by atoms with E-state index in [2.05, 4.69) is 29.1 Å². The predicted molar refractivity (Wildman–Crippen MR) is 60.9 cm³/mol. The van der Waals surface area contributed by atoms with Gasteiger partial charge in [-0.2, -0.15) is 0 Å². The van der Waals surface area contributed by atoms with Crippen LogP contribution in [-0.2, 0) is 6.42 Å². The lowest BCUT2D eigenvalue weighted by molar-refractivity contribution is 0.623. The topological polar surface area (TPSA) is 42.1 Å². The standard InChI is InChI=1S/C10H17N3S/c1-3-8-6-14-10(12-8)13-5-4-9(11)7(13)2/h6-7,9H,3-5,11H2,1-2H3. The van der Waals surface area contributed by atoms with Gasteiger partial charge in [-0.25, -0.2) is 4.98 Å². The van der Waals surface area contributed by atoms with E-state index in [1.807, 2.05) is 0 Å². The summed E-state index contributed by atoms with van der Waals surface area (Å²) in [5.41, 5.74) is 7.17. The highest BCUT2D eigenvalue weighted by Gasteiger charge is 2.29. The molecule has 2 atom stereocenters. The Bertz CT molecular complexity index is 310. The molecular weight excluding hydrogens is 194 g/mol. The van der Waals surface area contributed by atoms with Gasteiger partial charge in [-0.15, -0.1) is 11.3 Å². The van der Waals surface area contributed by atoms with E-state index in [0.717, 1.165) is 24.5 Å². The summed E-state index contributed by atoms with van der Waals surface area (Å²) in [7, 11) is 0. The summed E-state index contributed by atoms with van der Waals surface area (Å²) in [6.45, 7) is 5.38. The molecule has 2 unspecified atom stereocenters. The molecule has 78 valence electrons. The maximum atomic E-state index is 5.98. The second-order valence-electron chi connectivity index (χ2n) is 3.86. The Labute approximate surface area is 88.9 Å². The highest BCUT2D eigenvalue weighted by molar-refractivity contribution is 7.13. The highest BCUT2D eigenvalue weighted by atomic mass is 32.1. The molecule has 1 fully saturated rings. The van der Waals surface area contributed by atoms with Crippen molar-refractivity contribution < 1.29 is 0 Å². The Morgan fingerprint density at radius 2 is 2.50 bits per heavy atom. The fourth-order valence-electron chi connectivity index (χ4n) is 1.82. The molecule has 0 aliphatic carbocycles. The largest absolute Gasteiger partial charge is 0.344 e. The van der Waals surface area contributed by atoms with E-state index in [0.29, 0.717) is 12.1 Å². The van der Waals surface area contributed by atoms with Crippen molar-refractivity contribution in [3.05, 3.63) is 11.1 Å². The Morgan fingerprint density at radius 1 is 1.71 bits per heavy atom. The van der Waals surface area contributed by atoms with Gasteiger partial charge in [0, 0.05) is 24.0 Å². The average Bonchev–Trinajstić information content (AvgIpc) is 2.75. The minimum Gasteiger partial charge on any atom is -0.344 e. The summed E-state index contributed by atoms with van der Waals surface area (Å²) < 4.78 is 0. The van der Waals surface area contributed by atoms with Crippen molar-refractivity contribution in [3.63, 3.8) is 0 Å². The summed E-state index contributed by atoms with van der Waals surface area (Å²) in [5, 5.41) is 3.29. The SMILES string of the molecule is CCc1csc(N2CCC(N)C2C)n1. The van der Waals surface area contributed by atoms with Crippen LogP contribution in [0.3, 0.4) is 0 Å². The first-order valence-corrected chi connectivity index (χ1v) is 6.07. The van der Waals surface area contributed by atoms with E-state index in [-0.39, 0.29) is 0 Å². The lowest BCUT2D eigenvalue weighted by Crippen LogP contribution is -2.36. The van der Waals surface area contributed by atoms with Crippen LogP contribution in [0.1, 0.15) is 26.0 Å². The summed E-state index contributed by atoms with van der Waals surface area (Å²) in [4.78, 5) is 6.91. The van der Waals surface area contributed by atoms with Crippen molar-refractivity contribution in [3.8, 4) is 0 Å². The molecule has 1 saturated heterocycles. The van der Waals surface area contributed by atoms with Gasteiger partial charge in [-0.3, -0.25) is 0 Å². The number of rotatable bonds is 2. The van der Waals surface area contributed by atoms with Crippen LogP contribution in [-0.4, -0.2) is 23.6 Å². The van der Waals surface area contributed by atoms with Gasteiger partial charge in [-0.05, 0) is 19.8 Å². The monoisotopic (exact) mass is 211 g/mol. The van der Waals surface area contributed by atoms with E-state index in [9.17, 15) is 0 Å². The number of aromatic nitrogens is 1. The molecule has 0 amide bonds. The number of hydrogen-bond acceptors (Lipinski definition) is 4. The van der Waals surface area contributed by atoms with Crippen LogP contribution in [0.4, 0.5) is 5.13 Å². The van der Waals surface area contributed by atoms with Crippen LogP contribution in [0.5, 0.6) is 0 Å². The fourth-order valence-corrected chi connectivity index (χ4v) is 2.85. The second kappa shape index (κ2) is 3.87. The normalized spacial score (nSPS) is 27.2. The zero-order valence-corrected chi connectivity index (χ0v) is 9.55. The maximum Gasteiger partial charge on any atom is 0.185 e. The first-order chi connectivity index (χ1) is 6.72. The minimum atomic E-state index is 0.309. The molecule has 0 aromatic carbocycles. The van der Waals surface area contributed by atoms with Gasteiger partial charge >= 0.3 is 0 Å². The molecule has 1 aliphatic heterocycles. The van der Waals surface area contributed by atoms with Gasteiger partial charge in [-0.1, -0.05) is 6.92 Å². The summed E-state index contributed by atoms with van der Waals surface area (Å²) in [5.74, 6) is 0. The molecule has 14 heavy (non-hydrogen) atoms. The van der Waals surface area contributed by atoms with Crippen molar-refractivity contribution in [2.75, 3.05) is 11.4 Å². The van der Waals surface area contributed by atoms with Crippen molar-refractivity contribution in [2.45, 2.75) is 38.8 Å². The third kappa shape index (κ3) is 1.64. The number of thiazole rings is 1. The van der Waals surface area contributed by atoms with E-state index >= 15 is 0 Å². The second-order valence-corrected chi connectivity index (χ2v) is 4.70. The zero-order chi connectivity index (χ0) is 10.1. The van der Waals surface area contributed by atoms with Crippen LogP contribution >= 0.6 is 11.3 Å². The number of anilines is 1. The molecule has 0 bridgehead atoms. The number of hydrogen-bond donors (Lipinski definition) is 1. The van der Waals surface area contributed by atoms with Gasteiger partial charge in [0.1, 0.15) is 0 Å². The number of aryl methyl sites for hydroxylation is 1. The van der Waals surface area contributed by atoms with Crippen molar-refractivity contribution >= 4 is 16.5 Å². The Hall–Kier alpha value is -0.610. The minimum absolute atomic E-state index is 0.309. The van der Waals surface area contributed by atoms with Gasteiger partial charge in [0.15, 0.2) is 5.13 Å². The zero-order valence-electron chi connectivity index (χ0n) is 8.73. The molecule has 0 radical (unpaired) electrons.